The summed E-state index contributed by atoms with van der Waals surface area (Å²) in [7, 11) is 0. The summed E-state index contributed by atoms with van der Waals surface area (Å²) in [6.07, 6.45) is 1.15. The number of hydrogen-bond acceptors (Lipinski definition) is 4. The molecule has 0 aromatic rings. The predicted octanol–water partition coefficient (Wildman–Crippen LogP) is -0.0209. The number of thioether (sulfide) groups is 1. The van der Waals surface area contributed by atoms with Crippen LogP contribution in [0.2, 0.25) is 0 Å². The Kier molecular flexibility index (Phi) is 2.70. The van der Waals surface area contributed by atoms with Crippen molar-refractivity contribution in [3.8, 4) is 0 Å². The van der Waals surface area contributed by atoms with E-state index in [1.165, 1.54) is 16.7 Å². The van der Waals surface area contributed by atoms with E-state index >= 15 is 0 Å². The topological polar surface area (TPSA) is 83.6 Å². The van der Waals surface area contributed by atoms with Crippen LogP contribution < -0.4 is 5.73 Å². The molecule has 5 nitrogen and oxygen atoms in total. The zero-order chi connectivity index (χ0) is 11.0. The molecule has 1 unspecified atom stereocenters. The zero-order valence-corrected chi connectivity index (χ0v) is 8.92. The van der Waals surface area contributed by atoms with Gasteiger partial charge in [-0.15, -0.1) is 11.8 Å². The lowest BCUT2D eigenvalue weighted by Crippen LogP contribution is -2.49. The maximum absolute atomic E-state index is 11.2. The molecule has 0 bridgehead atoms. The van der Waals surface area contributed by atoms with E-state index in [4.69, 9.17) is 10.8 Å². The molecule has 2 aliphatic rings. The van der Waals surface area contributed by atoms with Gasteiger partial charge in [0.25, 0.3) is 0 Å². The number of amides is 1. The molecule has 2 rings (SSSR count). The minimum Gasteiger partial charge on any atom is -0.477 e. The number of fused-ring (bicyclic) bond motifs is 1. The molecule has 1 atom stereocenters. The van der Waals surface area contributed by atoms with E-state index in [-0.39, 0.29) is 17.6 Å². The number of nitrogens with two attached hydrogens (primary N) is 1. The van der Waals surface area contributed by atoms with Crippen molar-refractivity contribution in [1.29, 1.82) is 0 Å². The van der Waals surface area contributed by atoms with Crippen molar-refractivity contribution < 1.29 is 14.7 Å². The van der Waals surface area contributed by atoms with Gasteiger partial charge >= 0.3 is 5.97 Å². The summed E-state index contributed by atoms with van der Waals surface area (Å²) in [4.78, 5) is 24.5. The van der Waals surface area contributed by atoms with Crippen LogP contribution in [0.5, 0.6) is 0 Å². The number of hydrogen-bond donors (Lipinski definition) is 2. The third kappa shape index (κ3) is 1.63. The fraction of sp³-hybridized carbons (Fsp3) is 0.556. The van der Waals surface area contributed by atoms with Crippen LogP contribution >= 0.6 is 11.8 Å². The lowest BCUT2D eigenvalue weighted by molar-refractivity contribution is -0.147. The summed E-state index contributed by atoms with van der Waals surface area (Å²) in [6, 6.07) is 0.0869. The van der Waals surface area contributed by atoms with Crippen LogP contribution in [0.3, 0.4) is 0 Å². The molecule has 3 N–H and O–H groups in total. The van der Waals surface area contributed by atoms with Crippen molar-refractivity contribution in [2.45, 2.75) is 18.9 Å². The molecule has 15 heavy (non-hydrogen) atoms. The van der Waals surface area contributed by atoms with Gasteiger partial charge in [-0.25, -0.2) is 4.79 Å². The van der Waals surface area contributed by atoms with Gasteiger partial charge < -0.3 is 15.7 Å². The molecular weight excluding hydrogens is 216 g/mol. The van der Waals surface area contributed by atoms with Gasteiger partial charge in [-0.05, 0) is 0 Å². The average Bonchev–Trinajstić information content (AvgIpc) is 2.47. The molecule has 6 heteroatoms. The third-order valence-corrected chi connectivity index (χ3v) is 3.72. The Labute approximate surface area is 91.3 Å². The Morgan fingerprint density at radius 1 is 1.60 bits per heavy atom. The van der Waals surface area contributed by atoms with Crippen LogP contribution in [-0.4, -0.2) is 40.2 Å². The number of carboxylic acid groups (broad SMARTS) is 1. The maximum Gasteiger partial charge on any atom is 0.353 e. The summed E-state index contributed by atoms with van der Waals surface area (Å²) in [5.74, 6) is -0.397. The number of carboxylic acids is 1. The van der Waals surface area contributed by atoms with Gasteiger partial charge in [-0.1, -0.05) is 0 Å². The Balaban J connectivity index is 2.19. The van der Waals surface area contributed by atoms with Gasteiger partial charge in [-0.2, -0.15) is 0 Å². The predicted molar refractivity (Wildman–Crippen MR) is 56.0 cm³/mol. The number of rotatable bonds is 4. The van der Waals surface area contributed by atoms with Crippen LogP contribution in [-0.2, 0) is 9.59 Å². The highest BCUT2D eigenvalue weighted by Crippen LogP contribution is 2.42. The van der Waals surface area contributed by atoms with E-state index in [1.54, 1.807) is 0 Å². The number of aliphatic carboxylic acids is 1. The molecular formula is C9H12N2O3S. The Bertz CT molecular complexity index is 353. The van der Waals surface area contributed by atoms with Crippen LogP contribution in [0.1, 0.15) is 12.8 Å². The van der Waals surface area contributed by atoms with Crippen LogP contribution in [0.15, 0.2) is 10.6 Å². The molecule has 2 aliphatic heterocycles. The summed E-state index contributed by atoms with van der Waals surface area (Å²) in [6.45, 7) is 0.514. The molecule has 0 aromatic carbocycles. The minimum absolute atomic E-state index is 0.0826. The highest BCUT2D eigenvalue weighted by molar-refractivity contribution is 8.03. The molecule has 1 amide bonds. The second-order valence-electron chi connectivity index (χ2n) is 3.54. The molecule has 0 spiro atoms. The first-order valence-electron chi connectivity index (χ1n) is 4.76. The molecule has 0 saturated carbocycles. The highest BCUT2D eigenvalue weighted by atomic mass is 32.2. The molecule has 1 saturated heterocycles. The van der Waals surface area contributed by atoms with Gasteiger partial charge in [0, 0.05) is 30.0 Å². The molecule has 1 fully saturated rings. The minimum atomic E-state index is -1.01. The standard InChI is InChI=1S/C9H12N2O3S/c10-1-2-15-6-3-5-4-7(12)11(5)8(6)9(13)14/h5H,1-4,10H2,(H,13,14). The molecule has 0 aliphatic carbocycles. The molecule has 2 heterocycles. The van der Waals surface area contributed by atoms with E-state index in [1.807, 2.05) is 0 Å². The molecule has 0 aromatic heterocycles. The van der Waals surface area contributed by atoms with Crippen molar-refractivity contribution in [2.24, 2.45) is 5.73 Å². The lowest BCUT2D eigenvalue weighted by atomic mass is 10.0. The maximum atomic E-state index is 11.2. The molecule has 0 radical (unpaired) electrons. The van der Waals surface area contributed by atoms with Crippen LogP contribution in [0.4, 0.5) is 0 Å². The smallest absolute Gasteiger partial charge is 0.353 e. The fourth-order valence-electron chi connectivity index (χ4n) is 1.93. The van der Waals surface area contributed by atoms with Crippen molar-refractivity contribution in [1.82, 2.24) is 4.90 Å². The second-order valence-corrected chi connectivity index (χ2v) is 4.73. The SMILES string of the molecule is NCCSC1=C(C(=O)O)N2C(=O)CC2C1. The Morgan fingerprint density at radius 3 is 2.87 bits per heavy atom. The van der Waals surface area contributed by atoms with Gasteiger partial charge in [0.05, 0.1) is 6.04 Å². The number of β-lactam (4-membered cyclic amide) rings is 1. The fourth-order valence-corrected chi connectivity index (χ4v) is 2.93. The van der Waals surface area contributed by atoms with Crippen molar-refractivity contribution in [3.05, 3.63) is 10.6 Å². The van der Waals surface area contributed by atoms with Crippen LogP contribution in [0, 0.1) is 0 Å². The Hall–Kier alpha value is -1.01. The largest absolute Gasteiger partial charge is 0.477 e. The van der Waals surface area contributed by atoms with E-state index < -0.39 is 5.97 Å². The first-order valence-corrected chi connectivity index (χ1v) is 5.75. The third-order valence-electron chi connectivity index (χ3n) is 2.57. The summed E-state index contributed by atoms with van der Waals surface area (Å²) < 4.78 is 0. The zero-order valence-electron chi connectivity index (χ0n) is 8.10. The second kappa shape index (κ2) is 3.86. The Morgan fingerprint density at radius 2 is 2.33 bits per heavy atom. The first-order chi connectivity index (χ1) is 7.15. The van der Waals surface area contributed by atoms with Gasteiger partial charge in [0.15, 0.2) is 0 Å². The van der Waals surface area contributed by atoms with Crippen molar-refractivity contribution in [2.75, 3.05) is 12.3 Å². The van der Waals surface area contributed by atoms with Gasteiger partial charge in [0.1, 0.15) is 5.70 Å². The van der Waals surface area contributed by atoms with E-state index in [0.29, 0.717) is 25.1 Å². The number of carbonyl (C=O) groups excluding carboxylic acids is 1. The normalized spacial score (nSPS) is 24.2. The monoisotopic (exact) mass is 228 g/mol. The number of carbonyl (C=O) groups is 2. The number of nitrogens with zero attached hydrogens (tertiary/aromatic N) is 1. The van der Waals surface area contributed by atoms with Gasteiger partial charge in [0.2, 0.25) is 5.91 Å². The summed E-state index contributed by atoms with van der Waals surface area (Å²) in [5, 5.41) is 9.03. The highest BCUT2D eigenvalue weighted by Gasteiger charge is 2.47. The van der Waals surface area contributed by atoms with Crippen molar-refractivity contribution >= 4 is 23.6 Å². The summed E-state index contributed by atoms with van der Waals surface area (Å²) in [5.41, 5.74) is 5.54. The van der Waals surface area contributed by atoms with Crippen molar-refractivity contribution in [3.63, 3.8) is 0 Å². The average molecular weight is 228 g/mol. The van der Waals surface area contributed by atoms with E-state index in [9.17, 15) is 9.59 Å². The molecule has 82 valence electrons. The summed E-state index contributed by atoms with van der Waals surface area (Å²) >= 11 is 1.45. The van der Waals surface area contributed by atoms with Gasteiger partial charge in [-0.3, -0.25) is 4.79 Å². The van der Waals surface area contributed by atoms with Crippen LogP contribution in [0.25, 0.3) is 0 Å². The van der Waals surface area contributed by atoms with E-state index in [2.05, 4.69) is 0 Å². The lowest BCUT2D eigenvalue weighted by Gasteiger charge is -2.34. The first kappa shape index (κ1) is 10.5. The quantitative estimate of drug-likeness (QED) is 0.661. The van der Waals surface area contributed by atoms with E-state index in [0.717, 1.165) is 4.91 Å².